The zero-order chi connectivity index (χ0) is 17.3. The Kier molecular flexibility index (Phi) is 4.22. The van der Waals surface area contributed by atoms with Gasteiger partial charge < -0.3 is 5.11 Å². The number of aromatic nitrogens is 1. The Bertz CT molecular complexity index is 886. The largest absolute Gasteiger partial charge is 0.494 e. The third kappa shape index (κ3) is 2.50. The Balaban J connectivity index is 2.26. The van der Waals surface area contributed by atoms with E-state index in [4.69, 9.17) is 0 Å². The molecule has 0 amide bonds. The third-order valence-corrected chi connectivity index (χ3v) is 4.70. The molecule has 1 fully saturated rings. The lowest BCUT2D eigenvalue weighted by Crippen LogP contribution is -2.29. The van der Waals surface area contributed by atoms with Gasteiger partial charge in [0.25, 0.3) is 5.56 Å². The molecule has 0 spiro atoms. The summed E-state index contributed by atoms with van der Waals surface area (Å²) < 4.78 is 1.24. The van der Waals surface area contributed by atoms with Gasteiger partial charge in [0.2, 0.25) is 5.88 Å². The normalized spacial score (nSPS) is 14.5. The summed E-state index contributed by atoms with van der Waals surface area (Å²) in [5.74, 6) is -0.703. The first-order chi connectivity index (χ1) is 11.6. The van der Waals surface area contributed by atoms with Crippen LogP contribution in [-0.2, 0) is 0 Å². The molecule has 122 valence electrons. The second-order valence-corrected chi connectivity index (χ2v) is 6.12. The summed E-state index contributed by atoms with van der Waals surface area (Å²) >= 11 is 0. The molecule has 0 radical (unpaired) electrons. The molecule has 2 aromatic rings. The van der Waals surface area contributed by atoms with E-state index in [-0.39, 0.29) is 34.4 Å². The van der Waals surface area contributed by atoms with Crippen molar-refractivity contribution in [2.75, 3.05) is 0 Å². The van der Waals surface area contributed by atoms with Crippen LogP contribution < -0.4 is 5.56 Å². The number of pyridine rings is 1. The number of rotatable bonds is 3. The highest BCUT2D eigenvalue weighted by Crippen LogP contribution is 2.34. The van der Waals surface area contributed by atoms with Crippen LogP contribution in [0.4, 0.5) is 0 Å². The highest BCUT2D eigenvalue weighted by molar-refractivity contribution is 6.11. The second-order valence-electron chi connectivity index (χ2n) is 6.12. The van der Waals surface area contributed by atoms with E-state index in [0.717, 1.165) is 25.7 Å². The number of nitrogens with zero attached hydrogens (tertiary/aromatic N) is 2. The molecule has 1 saturated carbocycles. The number of aromatic hydroxyl groups is 1. The first-order valence-electron chi connectivity index (χ1n) is 8.04. The highest BCUT2D eigenvalue weighted by Gasteiger charge is 2.29. The fraction of sp³-hybridized carbons (Fsp3) is 0.316. The molecule has 1 aliphatic carbocycles. The molecular weight excluding hydrogens is 304 g/mol. The number of ketones is 1. The summed E-state index contributed by atoms with van der Waals surface area (Å²) in [7, 11) is 0. The van der Waals surface area contributed by atoms with Gasteiger partial charge in [-0.2, -0.15) is 5.26 Å². The Morgan fingerprint density at radius 1 is 1.25 bits per heavy atom. The van der Waals surface area contributed by atoms with Gasteiger partial charge in [0.15, 0.2) is 5.78 Å². The van der Waals surface area contributed by atoms with Gasteiger partial charge in [-0.3, -0.25) is 14.2 Å². The van der Waals surface area contributed by atoms with Crippen molar-refractivity contribution >= 4 is 5.78 Å². The number of carbonyl (C=O) groups excluding carboxylic acids is 1. The lowest BCUT2D eigenvalue weighted by Gasteiger charge is -2.20. The summed E-state index contributed by atoms with van der Waals surface area (Å²) in [4.78, 5) is 25.5. The van der Waals surface area contributed by atoms with Crippen LogP contribution in [0.15, 0.2) is 35.1 Å². The van der Waals surface area contributed by atoms with E-state index in [1.807, 2.05) is 6.07 Å². The van der Waals surface area contributed by atoms with Crippen LogP contribution in [0.2, 0.25) is 0 Å². The number of hydrogen-bond acceptors (Lipinski definition) is 4. The van der Waals surface area contributed by atoms with Crippen molar-refractivity contribution in [2.45, 2.75) is 38.6 Å². The average molecular weight is 322 g/mol. The Morgan fingerprint density at radius 3 is 2.46 bits per heavy atom. The quantitative estimate of drug-likeness (QED) is 0.880. The molecule has 1 N–H and O–H groups in total. The fourth-order valence-electron chi connectivity index (χ4n) is 3.43. The minimum Gasteiger partial charge on any atom is -0.494 e. The summed E-state index contributed by atoms with van der Waals surface area (Å²) in [5, 5.41) is 20.1. The van der Waals surface area contributed by atoms with E-state index >= 15 is 0 Å². The molecule has 1 aromatic heterocycles. The lowest BCUT2D eigenvalue weighted by molar-refractivity contribution is 0.103. The second kappa shape index (κ2) is 6.32. The fourth-order valence-corrected chi connectivity index (χ4v) is 3.43. The van der Waals surface area contributed by atoms with Gasteiger partial charge in [-0.1, -0.05) is 43.2 Å². The Hall–Kier alpha value is -2.87. The van der Waals surface area contributed by atoms with Crippen LogP contribution >= 0.6 is 0 Å². The van der Waals surface area contributed by atoms with Gasteiger partial charge in [0.05, 0.1) is 5.56 Å². The zero-order valence-corrected chi connectivity index (χ0v) is 13.5. The molecular formula is C19H18N2O3. The number of benzene rings is 1. The van der Waals surface area contributed by atoms with Crippen molar-refractivity contribution < 1.29 is 9.90 Å². The maximum absolute atomic E-state index is 12.8. The Morgan fingerprint density at radius 2 is 1.88 bits per heavy atom. The molecule has 0 unspecified atom stereocenters. The molecule has 5 heteroatoms. The molecule has 1 aromatic carbocycles. The van der Waals surface area contributed by atoms with Gasteiger partial charge in [-0.25, -0.2) is 0 Å². The SMILES string of the molecule is Cc1c(C(=O)c2ccccc2)c(O)n(C2CCCC2)c(=O)c1C#N. The maximum atomic E-state index is 12.8. The average Bonchev–Trinajstić information content (AvgIpc) is 3.10. The van der Waals surface area contributed by atoms with Gasteiger partial charge in [-0.05, 0) is 25.3 Å². The van der Waals surface area contributed by atoms with E-state index in [2.05, 4.69) is 0 Å². The molecule has 0 bridgehead atoms. The van der Waals surface area contributed by atoms with Crippen molar-refractivity contribution in [3.8, 4) is 11.9 Å². The van der Waals surface area contributed by atoms with Crippen LogP contribution in [0.25, 0.3) is 0 Å². The van der Waals surface area contributed by atoms with Crippen LogP contribution in [-0.4, -0.2) is 15.5 Å². The minimum absolute atomic E-state index is 0.0456. The molecule has 0 aliphatic heterocycles. The monoisotopic (exact) mass is 322 g/mol. The summed E-state index contributed by atoms with van der Waals surface area (Å²) in [6.45, 7) is 1.54. The van der Waals surface area contributed by atoms with Crippen LogP contribution in [0, 0.1) is 18.3 Å². The molecule has 1 heterocycles. The number of nitriles is 1. The smallest absolute Gasteiger partial charge is 0.271 e. The van der Waals surface area contributed by atoms with Gasteiger partial charge in [0.1, 0.15) is 11.6 Å². The predicted octanol–water partition coefficient (Wildman–Crippen LogP) is 3.08. The molecule has 24 heavy (non-hydrogen) atoms. The van der Waals surface area contributed by atoms with Gasteiger partial charge in [-0.15, -0.1) is 0 Å². The summed E-state index contributed by atoms with van der Waals surface area (Å²) in [6, 6.07) is 10.3. The first-order valence-corrected chi connectivity index (χ1v) is 8.04. The van der Waals surface area contributed by atoms with Gasteiger partial charge >= 0.3 is 0 Å². The van der Waals surface area contributed by atoms with E-state index < -0.39 is 5.56 Å². The van der Waals surface area contributed by atoms with Crippen molar-refractivity contribution in [3.63, 3.8) is 0 Å². The van der Waals surface area contributed by atoms with E-state index in [0.29, 0.717) is 5.56 Å². The molecule has 3 rings (SSSR count). The maximum Gasteiger partial charge on any atom is 0.271 e. The summed E-state index contributed by atoms with van der Waals surface area (Å²) in [5.41, 5.74) is 0.117. The van der Waals surface area contributed by atoms with E-state index in [1.54, 1.807) is 30.3 Å². The number of hydrogen-bond donors (Lipinski definition) is 1. The molecule has 0 saturated heterocycles. The topological polar surface area (TPSA) is 83.1 Å². The lowest BCUT2D eigenvalue weighted by atomic mass is 9.97. The zero-order valence-electron chi connectivity index (χ0n) is 13.5. The third-order valence-electron chi connectivity index (χ3n) is 4.70. The molecule has 0 atom stereocenters. The minimum atomic E-state index is -0.510. The van der Waals surface area contributed by atoms with Crippen molar-refractivity contribution in [1.29, 1.82) is 5.26 Å². The molecule has 1 aliphatic rings. The van der Waals surface area contributed by atoms with E-state index in [1.165, 1.54) is 11.5 Å². The van der Waals surface area contributed by atoms with Crippen LogP contribution in [0.1, 0.15) is 58.8 Å². The standard InChI is InChI=1S/C19H18N2O3/c1-12-15(11-20)18(23)21(14-9-5-6-10-14)19(24)16(12)17(22)13-7-3-2-4-8-13/h2-4,7-8,14,24H,5-6,9-10H2,1H3. The van der Waals surface area contributed by atoms with E-state index in [9.17, 15) is 20.0 Å². The van der Waals surface area contributed by atoms with Gasteiger partial charge in [0, 0.05) is 11.6 Å². The van der Waals surface area contributed by atoms with Crippen molar-refractivity contribution in [1.82, 2.24) is 4.57 Å². The predicted molar refractivity (Wildman–Crippen MR) is 89.2 cm³/mol. The van der Waals surface area contributed by atoms with Crippen molar-refractivity contribution in [3.05, 3.63) is 62.9 Å². The van der Waals surface area contributed by atoms with Crippen LogP contribution in [0.3, 0.4) is 0 Å². The van der Waals surface area contributed by atoms with Crippen LogP contribution in [0.5, 0.6) is 5.88 Å². The first kappa shape index (κ1) is 16.0. The van der Waals surface area contributed by atoms with Crippen molar-refractivity contribution in [2.24, 2.45) is 0 Å². The Labute approximate surface area is 139 Å². The highest BCUT2D eigenvalue weighted by atomic mass is 16.3. The summed E-state index contributed by atoms with van der Waals surface area (Å²) in [6.07, 6.45) is 3.46. The number of carbonyl (C=O) groups is 1. The molecule has 5 nitrogen and oxygen atoms in total.